The number of hydrogen-bond acceptors (Lipinski definition) is 3. The molecular weight excluding hydrogens is 741 g/mol. The van der Waals surface area contributed by atoms with Crippen molar-refractivity contribution in [1.29, 1.82) is 0 Å². The van der Waals surface area contributed by atoms with Gasteiger partial charge in [0, 0.05) is 33.2 Å². The van der Waals surface area contributed by atoms with Crippen molar-refractivity contribution in [3.05, 3.63) is 218 Å². The summed E-state index contributed by atoms with van der Waals surface area (Å²) < 4.78 is 2.40. The molecule has 12 aromatic rings. The third-order valence-corrected chi connectivity index (χ3v) is 12.0. The minimum absolute atomic E-state index is 0.639. The zero-order valence-corrected chi connectivity index (χ0v) is 33.1. The van der Waals surface area contributed by atoms with Gasteiger partial charge in [-0.1, -0.05) is 182 Å². The van der Waals surface area contributed by atoms with Gasteiger partial charge in [-0.05, 0) is 91.0 Å². The number of aromatic nitrogens is 4. The minimum Gasteiger partial charge on any atom is -0.309 e. The van der Waals surface area contributed by atoms with Crippen LogP contribution in [-0.4, -0.2) is 19.5 Å². The van der Waals surface area contributed by atoms with Crippen LogP contribution in [0.25, 0.3) is 116 Å². The highest BCUT2D eigenvalue weighted by atomic mass is 15.0. The van der Waals surface area contributed by atoms with Gasteiger partial charge in [-0.25, -0.2) is 15.0 Å². The molecule has 0 saturated carbocycles. The summed E-state index contributed by atoms with van der Waals surface area (Å²) in [4.78, 5) is 15.0. The van der Waals surface area contributed by atoms with Crippen LogP contribution in [0.15, 0.2) is 218 Å². The zero-order chi connectivity index (χ0) is 40.3. The number of fused-ring (bicyclic) bond motifs is 9. The lowest BCUT2D eigenvalue weighted by molar-refractivity contribution is 1.07. The quantitative estimate of drug-likeness (QED) is 0.158. The van der Waals surface area contributed by atoms with Crippen LogP contribution in [0, 0.1) is 0 Å². The lowest BCUT2D eigenvalue weighted by Crippen LogP contribution is -2.00. The first kappa shape index (κ1) is 34.8. The standard InChI is InChI=1S/C57H36N4/c1-4-16-37(17-5-1)55-58-56(38-18-6-2-7-19-38)60-57(59-55)42-21-14-20-39(34-42)40-30-33-50-51(35-40)46-25-11-10-24-45(46)49-28-15-27-44(54(49)50)41-31-32-48-47-26-12-13-29-52(47)61(53(48)36-41)43-22-8-3-9-23-43/h1-36H. The van der Waals surface area contributed by atoms with Crippen molar-refractivity contribution in [3.63, 3.8) is 0 Å². The second-order valence-electron chi connectivity index (χ2n) is 15.6. The maximum atomic E-state index is 5.03. The van der Waals surface area contributed by atoms with Crippen molar-refractivity contribution in [2.24, 2.45) is 0 Å². The summed E-state index contributed by atoms with van der Waals surface area (Å²) in [5.74, 6) is 1.94. The zero-order valence-electron chi connectivity index (χ0n) is 33.1. The van der Waals surface area contributed by atoms with Crippen molar-refractivity contribution < 1.29 is 0 Å². The fraction of sp³-hybridized carbons (Fsp3) is 0. The van der Waals surface area contributed by atoms with Crippen LogP contribution in [0.1, 0.15) is 0 Å². The van der Waals surface area contributed by atoms with Crippen LogP contribution in [0.5, 0.6) is 0 Å². The maximum absolute atomic E-state index is 5.03. The Morgan fingerprint density at radius 2 is 0.738 bits per heavy atom. The molecule has 4 heteroatoms. The first-order valence-electron chi connectivity index (χ1n) is 20.7. The average molecular weight is 777 g/mol. The molecule has 0 fully saturated rings. The second kappa shape index (κ2) is 14.3. The summed E-state index contributed by atoms with van der Waals surface area (Å²) >= 11 is 0. The van der Waals surface area contributed by atoms with E-state index in [4.69, 9.17) is 15.0 Å². The van der Waals surface area contributed by atoms with Crippen molar-refractivity contribution in [3.8, 4) is 62.1 Å². The predicted molar refractivity (Wildman–Crippen MR) is 254 cm³/mol. The molecule has 0 amide bonds. The SMILES string of the molecule is c1ccc(-c2nc(-c3ccccc3)nc(-c3cccc(-c4ccc5c(c4)c4ccccc4c4cccc(-c6ccc7c8ccccc8n(-c8ccccc8)c7c6)c45)c3)n2)cc1. The predicted octanol–water partition coefficient (Wildman–Crippen LogP) is 14.8. The molecule has 0 atom stereocenters. The van der Waals surface area contributed by atoms with E-state index in [-0.39, 0.29) is 0 Å². The Labute approximate surface area is 352 Å². The normalized spacial score (nSPS) is 11.6. The molecule has 61 heavy (non-hydrogen) atoms. The van der Waals surface area contributed by atoms with E-state index in [1.54, 1.807) is 0 Å². The van der Waals surface area contributed by atoms with Crippen LogP contribution in [-0.2, 0) is 0 Å². The van der Waals surface area contributed by atoms with Crippen LogP contribution in [0.2, 0.25) is 0 Å². The van der Waals surface area contributed by atoms with Crippen molar-refractivity contribution in [2.75, 3.05) is 0 Å². The van der Waals surface area contributed by atoms with Crippen molar-refractivity contribution in [2.45, 2.75) is 0 Å². The van der Waals surface area contributed by atoms with Gasteiger partial charge < -0.3 is 4.57 Å². The molecule has 4 nitrogen and oxygen atoms in total. The summed E-state index contributed by atoms with van der Waals surface area (Å²) in [6.45, 7) is 0. The van der Waals surface area contributed by atoms with Crippen LogP contribution in [0.3, 0.4) is 0 Å². The van der Waals surface area contributed by atoms with Crippen molar-refractivity contribution >= 4 is 54.1 Å². The minimum atomic E-state index is 0.639. The van der Waals surface area contributed by atoms with E-state index in [0.717, 1.165) is 33.5 Å². The van der Waals surface area contributed by atoms with Gasteiger partial charge in [0.05, 0.1) is 11.0 Å². The van der Waals surface area contributed by atoms with E-state index >= 15 is 0 Å². The van der Waals surface area contributed by atoms with Gasteiger partial charge in [-0.2, -0.15) is 0 Å². The molecule has 10 aromatic carbocycles. The fourth-order valence-corrected chi connectivity index (χ4v) is 9.19. The molecular formula is C57H36N4. The molecule has 2 heterocycles. The molecule has 0 aliphatic heterocycles. The van der Waals surface area contributed by atoms with Crippen molar-refractivity contribution in [1.82, 2.24) is 19.5 Å². The maximum Gasteiger partial charge on any atom is 0.164 e. The van der Waals surface area contributed by atoms with E-state index in [1.807, 2.05) is 60.7 Å². The topological polar surface area (TPSA) is 43.6 Å². The second-order valence-corrected chi connectivity index (χ2v) is 15.6. The van der Waals surface area contributed by atoms with E-state index < -0.39 is 0 Å². The Bertz CT molecular complexity index is 3570. The molecule has 12 rings (SSSR count). The Hall–Kier alpha value is -8.21. The van der Waals surface area contributed by atoms with Crippen LogP contribution in [0.4, 0.5) is 0 Å². The monoisotopic (exact) mass is 776 g/mol. The molecule has 284 valence electrons. The highest BCUT2D eigenvalue weighted by Crippen LogP contribution is 2.43. The number of rotatable bonds is 6. The van der Waals surface area contributed by atoms with Gasteiger partial charge in [-0.3, -0.25) is 0 Å². The largest absolute Gasteiger partial charge is 0.309 e. The lowest BCUT2D eigenvalue weighted by Gasteiger charge is -2.16. The van der Waals surface area contributed by atoms with E-state index in [9.17, 15) is 0 Å². The van der Waals surface area contributed by atoms with Crippen LogP contribution < -0.4 is 0 Å². The molecule has 0 aliphatic carbocycles. The average Bonchev–Trinajstić information content (AvgIpc) is 3.68. The molecule has 0 aliphatic rings. The van der Waals surface area contributed by atoms with Gasteiger partial charge in [0.15, 0.2) is 17.5 Å². The smallest absolute Gasteiger partial charge is 0.164 e. The number of nitrogens with zero attached hydrogens (tertiary/aromatic N) is 4. The Morgan fingerprint density at radius 3 is 1.46 bits per heavy atom. The summed E-state index contributed by atoms with van der Waals surface area (Å²) in [6.07, 6.45) is 0. The molecule has 0 spiro atoms. The highest BCUT2D eigenvalue weighted by Gasteiger charge is 2.18. The summed E-state index contributed by atoms with van der Waals surface area (Å²) in [5.41, 5.74) is 11.0. The number of para-hydroxylation sites is 2. The van der Waals surface area contributed by atoms with Gasteiger partial charge in [0.25, 0.3) is 0 Å². The first-order chi connectivity index (χ1) is 30.2. The first-order valence-corrected chi connectivity index (χ1v) is 20.7. The molecule has 0 unspecified atom stereocenters. The lowest BCUT2D eigenvalue weighted by atomic mass is 9.88. The summed E-state index contributed by atoms with van der Waals surface area (Å²) in [5, 5.41) is 9.92. The summed E-state index contributed by atoms with van der Waals surface area (Å²) in [6, 6.07) is 77.8. The van der Waals surface area contributed by atoms with Gasteiger partial charge in [0.1, 0.15) is 0 Å². The van der Waals surface area contributed by atoms with Gasteiger partial charge in [0.2, 0.25) is 0 Å². The van der Waals surface area contributed by atoms with Crippen LogP contribution >= 0.6 is 0 Å². The third-order valence-electron chi connectivity index (χ3n) is 12.0. The molecule has 0 saturated heterocycles. The number of benzene rings is 10. The molecule has 0 radical (unpaired) electrons. The molecule has 0 N–H and O–H groups in total. The van der Waals surface area contributed by atoms with E-state index in [1.165, 1.54) is 65.3 Å². The van der Waals surface area contributed by atoms with E-state index in [2.05, 4.69) is 162 Å². The Kier molecular flexibility index (Phi) is 8.13. The highest BCUT2D eigenvalue weighted by molar-refractivity contribution is 6.29. The Morgan fingerprint density at radius 1 is 0.262 bits per heavy atom. The molecule has 0 bridgehead atoms. The Balaban J connectivity index is 1.03. The third kappa shape index (κ3) is 5.88. The summed E-state index contributed by atoms with van der Waals surface area (Å²) in [7, 11) is 0. The number of hydrogen-bond donors (Lipinski definition) is 0. The van der Waals surface area contributed by atoms with E-state index in [0.29, 0.717) is 17.5 Å². The van der Waals surface area contributed by atoms with Gasteiger partial charge >= 0.3 is 0 Å². The van der Waals surface area contributed by atoms with Gasteiger partial charge in [-0.15, -0.1) is 0 Å². The molecule has 2 aromatic heterocycles. The fourth-order valence-electron chi connectivity index (χ4n) is 9.19.